The van der Waals surface area contributed by atoms with Crippen LogP contribution < -0.4 is 5.56 Å². The van der Waals surface area contributed by atoms with Crippen molar-refractivity contribution in [2.75, 3.05) is 13.1 Å². The Morgan fingerprint density at radius 2 is 1.91 bits per heavy atom. The molecule has 1 saturated carbocycles. The minimum Gasteiger partial charge on any atom is -0.381 e. The smallest absolute Gasteiger partial charge is 0.277 e. The third-order valence-electron chi connectivity index (χ3n) is 6.82. The van der Waals surface area contributed by atoms with Crippen LogP contribution in [0.5, 0.6) is 0 Å². The zero-order valence-electron chi connectivity index (χ0n) is 18.7. The summed E-state index contributed by atoms with van der Waals surface area (Å²) in [6.07, 6.45) is 5.70. The summed E-state index contributed by atoms with van der Waals surface area (Å²) in [7, 11) is 0. The highest BCUT2D eigenvalue weighted by molar-refractivity contribution is 5.84. The Balaban J connectivity index is 1.30. The number of fused-ring (bicyclic) bond motifs is 1. The molecule has 0 spiro atoms. The summed E-state index contributed by atoms with van der Waals surface area (Å²) in [6.45, 7) is 4.41. The highest BCUT2D eigenvalue weighted by Crippen LogP contribution is 2.40. The quantitative estimate of drug-likeness (QED) is 0.551. The molecule has 8 nitrogen and oxygen atoms in total. The molecule has 2 aliphatic rings. The Morgan fingerprint density at radius 3 is 2.56 bits per heavy atom. The number of nitrogens with one attached hydrogen (secondary N) is 2. The summed E-state index contributed by atoms with van der Waals surface area (Å²) in [5.41, 5.74) is 2.35. The van der Waals surface area contributed by atoms with Gasteiger partial charge in [0.05, 0.1) is 11.0 Å². The SMILES string of the molecule is CC(C)(O)C(=O)N1CCC(CCc2c(C3CC3)[nH]n(-c3nc4ccccc4[nH]3)c2=O)CC1. The number of H-pyrrole nitrogens is 2. The second-order valence-corrected chi connectivity index (χ2v) is 9.83. The fourth-order valence-corrected chi connectivity index (χ4v) is 4.79. The zero-order chi connectivity index (χ0) is 22.5. The molecule has 1 saturated heterocycles. The molecule has 1 aliphatic carbocycles. The Hall–Kier alpha value is -2.87. The maximum Gasteiger partial charge on any atom is 0.277 e. The number of aliphatic hydroxyl groups is 1. The highest BCUT2D eigenvalue weighted by Gasteiger charge is 2.33. The predicted octanol–water partition coefficient (Wildman–Crippen LogP) is 2.86. The van der Waals surface area contributed by atoms with Crippen molar-refractivity contribution in [1.82, 2.24) is 24.6 Å². The molecule has 5 rings (SSSR count). The summed E-state index contributed by atoms with van der Waals surface area (Å²) in [5, 5.41) is 13.3. The van der Waals surface area contributed by atoms with E-state index in [9.17, 15) is 14.7 Å². The first-order chi connectivity index (χ1) is 15.3. The van der Waals surface area contributed by atoms with Crippen molar-refractivity contribution in [3.05, 3.63) is 45.9 Å². The van der Waals surface area contributed by atoms with Crippen molar-refractivity contribution in [1.29, 1.82) is 0 Å². The van der Waals surface area contributed by atoms with Crippen LogP contribution >= 0.6 is 0 Å². The minimum absolute atomic E-state index is 0.0133. The lowest BCUT2D eigenvalue weighted by Crippen LogP contribution is -2.48. The number of benzene rings is 1. The van der Waals surface area contributed by atoms with Crippen LogP contribution in [0.25, 0.3) is 17.0 Å². The molecule has 1 aromatic carbocycles. The van der Waals surface area contributed by atoms with Crippen LogP contribution in [0.2, 0.25) is 0 Å². The summed E-state index contributed by atoms with van der Waals surface area (Å²) in [4.78, 5) is 35.2. The van der Waals surface area contributed by atoms with Crippen molar-refractivity contribution < 1.29 is 9.90 Å². The van der Waals surface area contributed by atoms with E-state index in [0.29, 0.717) is 30.9 Å². The van der Waals surface area contributed by atoms with Gasteiger partial charge >= 0.3 is 0 Å². The summed E-state index contributed by atoms with van der Waals surface area (Å²) < 4.78 is 1.56. The molecule has 170 valence electrons. The van der Waals surface area contributed by atoms with Gasteiger partial charge in [0, 0.05) is 30.3 Å². The van der Waals surface area contributed by atoms with Gasteiger partial charge in [0.1, 0.15) is 5.60 Å². The molecule has 2 aromatic heterocycles. The molecular weight excluding hydrogens is 406 g/mol. The van der Waals surface area contributed by atoms with E-state index >= 15 is 0 Å². The average Bonchev–Trinajstić information content (AvgIpc) is 3.44. The van der Waals surface area contributed by atoms with Crippen LogP contribution in [0.4, 0.5) is 0 Å². The molecule has 0 unspecified atom stereocenters. The van der Waals surface area contributed by atoms with Gasteiger partial charge in [0.15, 0.2) is 0 Å². The van der Waals surface area contributed by atoms with Gasteiger partial charge in [-0.15, -0.1) is 0 Å². The number of aromatic amines is 2. The molecule has 8 heteroatoms. The standard InChI is InChI=1S/C24H31N5O3/c1-24(2,32)22(31)28-13-11-15(12-14-28)7-10-17-20(16-8-9-16)27-29(21(17)30)23-25-18-5-3-4-6-19(18)26-23/h3-6,15-16,27,32H,7-14H2,1-2H3,(H,25,26). The Morgan fingerprint density at radius 1 is 1.19 bits per heavy atom. The number of hydrogen-bond acceptors (Lipinski definition) is 4. The Bertz CT molecular complexity index is 1150. The topological polar surface area (TPSA) is 107 Å². The zero-order valence-corrected chi connectivity index (χ0v) is 18.7. The molecule has 0 bridgehead atoms. The normalized spacial score (nSPS) is 17.9. The monoisotopic (exact) mass is 437 g/mol. The largest absolute Gasteiger partial charge is 0.381 e. The number of aromatic nitrogens is 4. The summed E-state index contributed by atoms with van der Waals surface area (Å²) >= 11 is 0. The molecule has 3 aromatic rings. The third-order valence-corrected chi connectivity index (χ3v) is 6.82. The van der Waals surface area contributed by atoms with E-state index in [-0.39, 0.29) is 11.5 Å². The highest BCUT2D eigenvalue weighted by atomic mass is 16.3. The first-order valence-electron chi connectivity index (χ1n) is 11.6. The van der Waals surface area contributed by atoms with Gasteiger partial charge in [0.25, 0.3) is 11.5 Å². The maximum absolute atomic E-state index is 13.3. The van der Waals surface area contributed by atoms with Crippen LogP contribution in [0.1, 0.15) is 63.1 Å². The first kappa shape index (κ1) is 21.0. The number of para-hydroxylation sites is 2. The summed E-state index contributed by atoms with van der Waals surface area (Å²) in [5.74, 6) is 1.24. The van der Waals surface area contributed by atoms with E-state index < -0.39 is 5.60 Å². The van der Waals surface area contributed by atoms with E-state index in [0.717, 1.165) is 60.8 Å². The van der Waals surface area contributed by atoms with Crippen molar-refractivity contribution in [2.45, 2.75) is 63.9 Å². The second kappa shape index (κ2) is 7.92. The predicted molar refractivity (Wildman–Crippen MR) is 122 cm³/mol. The number of carbonyl (C=O) groups is 1. The van der Waals surface area contributed by atoms with E-state index in [2.05, 4.69) is 15.1 Å². The van der Waals surface area contributed by atoms with Crippen molar-refractivity contribution in [3.8, 4) is 5.95 Å². The molecule has 3 N–H and O–H groups in total. The molecular formula is C24H31N5O3. The number of carbonyl (C=O) groups excluding carboxylic acids is 1. The van der Waals surface area contributed by atoms with Crippen LogP contribution in [-0.2, 0) is 11.2 Å². The number of likely N-dealkylation sites (tertiary alicyclic amines) is 1. The summed E-state index contributed by atoms with van der Waals surface area (Å²) in [6, 6.07) is 7.77. The van der Waals surface area contributed by atoms with Gasteiger partial charge in [-0.1, -0.05) is 12.1 Å². The van der Waals surface area contributed by atoms with Gasteiger partial charge in [0.2, 0.25) is 5.95 Å². The lowest BCUT2D eigenvalue weighted by molar-refractivity contribution is -0.149. The van der Waals surface area contributed by atoms with E-state index in [1.807, 2.05) is 24.3 Å². The van der Waals surface area contributed by atoms with E-state index in [1.165, 1.54) is 0 Å². The van der Waals surface area contributed by atoms with Crippen molar-refractivity contribution in [3.63, 3.8) is 0 Å². The van der Waals surface area contributed by atoms with Gasteiger partial charge in [-0.25, -0.2) is 4.98 Å². The molecule has 2 fully saturated rings. The molecule has 32 heavy (non-hydrogen) atoms. The average molecular weight is 438 g/mol. The Labute approximate surface area is 186 Å². The second-order valence-electron chi connectivity index (χ2n) is 9.83. The maximum atomic E-state index is 13.3. The van der Waals surface area contributed by atoms with Crippen LogP contribution in [0.3, 0.4) is 0 Å². The van der Waals surface area contributed by atoms with Crippen molar-refractivity contribution in [2.24, 2.45) is 5.92 Å². The molecule has 0 atom stereocenters. The van der Waals surface area contributed by atoms with E-state index in [4.69, 9.17) is 0 Å². The van der Waals surface area contributed by atoms with Gasteiger partial charge in [-0.2, -0.15) is 4.68 Å². The van der Waals surface area contributed by atoms with Gasteiger partial charge < -0.3 is 15.0 Å². The van der Waals surface area contributed by atoms with Crippen LogP contribution in [-0.4, -0.2) is 54.4 Å². The minimum atomic E-state index is -1.32. The number of imidazole rings is 1. The number of rotatable bonds is 6. The fraction of sp³-hybridized carbons (Fsp3) is 0.542. The molecule has 1 amide bonds. The number of nitrogens with zero attached hydrogens (tertiary/aromatic N) is 3. The molecule has 1 aliphatic heterocycles. The van der Waals surface area contributed by atoms with E-state index in [1.54, 1.807) is 23.4 Å². The lowest BCUT2D eigenvalue weighted by atomic mass is 9.89. The Kier molecular flexibility index (Phi) is 5.20. The van der Waals surface area contributed by atoms with Crippen LogP contribution in [0, 0.1) is 5.92 Å². The van der Waals surface area contributed by atoms with Gasteiger partial charge in [-0.3, -0.25) is 14.7 Å². The fourth-order valence-electron chi connectivity index (χ4n) is 4.79. The number of hydrogen-bond donors (Lipinski definition) is 3. The van der Waals surface area contributed by atoms with Crippen molar-refractivity contribution >= 4 is 16.9 Å². The third kappa shape index (κ3) is 3.99. The number of amides is 1. The number of piperidine rings is 1. The molecule has 3 heterocycles. The first-order valence-corrected chi connectivity index (χ1v) is 11.6. The lowest BCUT2D eigenvalue weighted by Gasteiger charge is -2.35. The van der Waals surface area contributed by atoms with Gasteiger partial charge in [-0.05, 0) is 70.4 Å². The van der Waals surface area contributed by atoms with Crippen LogP contribution in [0.15, 0.2) is 29.1 Å². The molecule has 0 radical (unpaired) electrons.